The van der Waals surface area contributed by atoms with Gasteiger partial charge in [-0.25, -0.2) is 8.42 Å². The number of methoxy groups -OCH3 is 1. The van der Waals surface area contributed by atoms with Crippen molar-refractivity contribution in [1.82, 2.24) is 0 Å². The molecule has 0 atom stereocenters. The third-order valence-electron chi connectivity index (χ3n) is 4.12. The number of hydrazone groups is 1. The van der Waals surface area contributed by atoms with Crippen LogP contribution in [0.4, 0.5) is 17.1 Å². The molecule has 0 aliphatic rings. The van der Waals surface area contributed by atoms with E-state index in [1.165, 1.54) is 31.5 Å². The Labute approximate surface area is 187 Å². The fourth-order valence-electron chi connectivity index (χ4n) is 2.61. The van der Waals surface area contributed by atoms with Crippen LogP contribution in [0.1, 0.15) is 5.56 Å². The summed E-state index contributed by atoms with van der Waals surface area (Å²) in [6.45, 7) is 0. The smallest absolute Gasteiger partial charge is 0.295 e. The Morgan fingerprint density at radius 3 is 2.48 bits per heavy atom. The van der Waals surface area contributed by atoms with Crippen molar-refractivity contribution in [3.63, 3.8) is 0 Å². The first-order chi connectivity index (χ1) is 14.8. The topological polar surface area (TPSA) is 123 Å². The van der Waals surface area contributed by atoms with E-state index in [1.54, 1.807) is 18.2 Å². The fraction of sp³-hybridized carbons (Fsp3) is 0.0500. The van der Waals surface area contributed by atoms with Gasteiger partial charge in [0, 0.05) is 16.1 Å². The van der Waals surface area contributed by atoms with Gasteiger partial charge in [0.05, 0.1) is 28.8 Å². The maximum absolute atomic E-state index is 12.7. The van der Waals surface area contributed by atoms with Gasteiger partial charge in [-0.3, -0.25) is 20.3 Å². The minimum absolute atomic E-state index is 0.0459. The zero-order chi connectivity index (χ0) is 22.4. The molecule has 0 spiro atoms. The predicted octanol–water partition coefficient (Wildman–Crippen LogP) is 4.61. The monoisotopic (exact) mass is 504 g/mol. The molecule has 0 saturated heterocycles. The number of nitrogens with one attached hydrogen (secondary N) is 2. The number of ether oxygens (including phenoxy) is 1. The minimum Gasteiger partial charge on any atom is -0.495 e. The van der Waals surface area contributed by atoms with Crippen LogP contribution < -0.4 is 14.9 Å². The Morgan fingerprint density at radius 1 is 1.06 bits per heavy atom. The van der Waals surface area contributed by atoms with Crippen LogP contribution in [-0.4, -0.2) is 26.7 Å². The number of halogens is 1. The van der Waals surface area contributed by atoms with Crippen LogP contribution in [0.15, 0.2) is 81.2 Å². The van der Waals surface area contributed by atoms with Crippen molar-refractivity contribution >= 4 is 49.2 Å². The highest BCUT2D eigenvalue weighted by Crippen LogP contribution is 2.30. The van der Waals surface area contributed by atoms with E-state index in [1.807, 2.05) is 24.3 Å². The van der Waals surface area contributed by atoms with E-state index >= 15 is 0 Å². The lowest BCUT2D eigenvalue weighted by Gasteiger charge is -2.12. The largest absolute Gasteiger partial charge is 0.495 e. The van der Waals surface area contributed by atoms with E-state index in [2.05, 4.69) is 31.2 Å². The first-order valence-corrected chi connectivity index (χ1v) is 11.1. The van der Waals surface area contributed by atoms with Crippen LogP contribution in [0.3, 0.4) is 0 Å². The molecule has 3 aromatic rings. The summed E-state index contributed by atoms with van der Waals surface area (Å²) in [7, 11) is -2.68. The molecule has 0 aliphatic heterocycles. The van der Waals surface area contributed by atoms with Crippen LogP contribution >= 0.6 is 15.9 Å². The molecule has 11 heteroatoms. The summed E-state index contributed by atoms with van der Waals surface area (Å²) in [4.78, 5) is 10.6. The maximum atomic E-state index is 12.7. The Balaban J connectivity index is 1.87. The van der Waals surface area contributed by atoms with E-state index in [-0.39, 0.29) is 16.3 Å². The van der Waals surface area contributed by atoms with Crippen molar-refractivity contribution < 1.29 is 18.1 Å². The number of nitro groups is 1. The van der Waals surface area contributed by atoms with E-state index < -0.39 is 20.6 Å². The van der Waals surface area contributed by atoms with Crippen molar-refractivity contribution in [2.45, 2.75) is 4.90 Å². The molecule has 0 unspecified atom stereocenters. The summed E-state index contributed by atoms with van der Waals surface area (Å²) in [5, 5.41) is 15.5. The summed E-state index contributed by atoms with van der Waals surface area (Å²) in [5.41, 5.74) is 3.17. The fourth-order valence-corrected chi connectivity index (χ4v) is 4.09. The van der Waals surface area contributed by atoms with Gasteiger partial charge < -0.3 is 4.74 Å². The molecule has 3 rings (SSSR count). The van der Waals surface area contributed by atoms with Crippen molar-refractivity contribution in [1.29, 1.82) is 0 Å². The third kappa shape index (κ3) is 5.38. The average Bonchev–Trinajstić information content (AvgIpc) is 2.75. The number of rotatable bonds is 8. The molecule has 31 heavy (non-hydrogen) atoms. The van der Waals surface area contributed by atoms with E-state index in [4.69, 9.17) is 4.74 Å². The number of hydrogen-bond donors (Lipinski definition) is 2. The highest BCUT2D eigenvalue weighted by Gasteiger charge is 2.22. The average molecular weight is 505 g/mol. The number of sulfonamides is 1. The molecular formula is C20H17BrN4O5S. The van der Waals surface area contributed by atoms with Gasteiger partial charge >= 0.3 is 0 Å². The van der Waals surface area contributed by atoms with Crippen molar-refractivity contribution in [2.24, 2.45) is 5.10 Å². The number of anilines is 2. The summed E-state index contributed by atoms with van der Waals surface area (Å²) in [5.74, 6) is 0.320. The van der Waals surface area contributed by atoms with Gasteiger partial charge in [-0.05, 0) is 30.3 Å². The SMILES string of the molecule is COc1ccccc1NS(=O)(=O)c1ccc(N/N=C/c2ccccc2Br)c([N+](=O)[O-])c1. The molecule has 2 N–H and O–H groups in total. The quantitative estimate of drug-likeness (QED) is 0.262. The summed E-state index contributed by atoms with van der Waals surface area (Å²) >= 11 is 3.38. The van der Waals surface area contributed by atoms with Gasteiger partial charge in [0.1, 0.15) is 11.4 Å². The second kappa shape index (κ2) is 9.58. The number of hydrogen-bond acceptors (Lipinski definition) is 7. The maximum Gasteiger partial charge on any atom is 0.295 e. The van der Waals surface area contributed by atoms with E-state index in [9.17, 15) is 18.5 Å². The van der Waals surface area contributed by atoms with Gasteiger partial charge in [-0.15, -0.1) is 0 Å². The number of nitrogens with zero attached hydrogens (tertiary/aromatic N) is 2. The molecule has 0 heterocycles. The zero-order valence-corrected chi connectivity index (χ0v) is 18.6. The Bertz CT molecular complexity index is 1250. The number of nitro benzene ring substituents is 1. The molecule has 0 fully saturated rings. The summed E-state index contributed by atoms with van der Waals surface area (Å²) in [6.07, 6.45) is 1.49. The predicted molar refractivity (Wildman–Crippen MR) is 122 cm³/mol. The second-order valence-electron chi connectivity index (χ2n) is 6.13. The molecule has 0 aromatic heterocycles. The van der Waals surface area contributed by atoms with E-state index in [0.717, 1.165) is 16.1 Å². The molecule has 0 bridgehead atoms. The molecule has 0 amide bonds. The molecule has 0 saturated carbocycles. The van der Waals surface area contributed by atoms with Gasteiger partial charge in [-0.2, -0.15) is 5.10 Å². The highest BCUT2D eigenvalue weighted by molar-refractivity contribution is 9.10. The first-order valence-electron chi connectivity index (χ1n) is 8.79. The second-order valence-corrected chi connectivity index (χ2v) is 8.67. The minimum atomic E-state index is -4.09. The molecule has 160 valence electrons. The van der Waals surface area contributed by atoms with E-state index in [0.29, 0.717) is 5.75 Å². The van der Waals surface area contributed by atoms with Crippen LogP contribution in [0, 0.1) is 10.1 Å². The lowest BCUT2D eigenvalue weighted by Crippen LogP contribution is -2.14. The molecule has 9 nitrogen and oxygen atoms in total. The van der Waals surface area contributed by atoms with Crippen molar-refractivity contribution in [2.75, 3.05) is 17.3 Å². The van der Waals surface area contributed by atoms with Crippen molar-refractivity contribution in [3.05, 3.63) is 86.9 Å². The third-order valence-corrected chi connectivity index (χ3v) is 6.21. The Morgan fingerprint density at radius 2 is 1.77 bits per heavy atom. The number of benzene rings is 3. The Kier molecular flexibility index (Phi) is 6.88. The van der Waals surface area contributed by atoms with Crippen LogP contribution in [0.2, 0.25) is 0 Å². The lowest BCUT2D eigenvalue weighted by molar-refractivity contribution is -0.384. The number of para-hydroxylation sites is 2. The summed E-state index contributed by atoms with van der Waals surface area (Å²) < 4.78 is 33.8. The van der Waals surface area contributed by atoms with Gasteiger partial charge in [0.15, 0.2) is 0 Å². The lowest BCUT2D eigenvalue weighted by atomic mass is 10.2. The highest BCUT2D eigenvalue weighted by atomic mass is 79.9. The molecule has 0 aliphatic carbocycles. The van der Waals surface area contributed by atoms with Crippen molar-refractivity contribution in [3.8, 4) is 5.75 Å². The van der Waals surface area contributed by atoms with Crippen LogP contribution in [-0.2, 0) is 10.0 Å². The Hall–Kier alpha value is -3.44. The first kappa shape index (κ1) is 22.2. The van der Waals surface area contributed by atoms with Gasteiger partial charge in [0.2, 0.25) is 0 Å². The molecule has 0 radical (unpaired) electrons. The molecule has 3 aromatic carbocycles. The van der Waals surface area contributed by atoms with Gasteiger partial charge in [-0.1, -0.05) is 46.3 Å². The zero-order valence-electron chi connectivity index (χ0n) is 16.2. The van der Waals surface area contributed by atoms with Crippen LogP contribution in [0.5, 0.6) is 5.75 Å². The summed E-state index contributed by atoms with van der Waals surface area (Å²) in [6, 6.07) is 17.3. The van der Waals surface area contributed by atoms with Crippen LogP contribution in [0.25, 0.3) is 0 Å². The molecular weight excluding hydrogens is 488 g/mol. The normalized spacial score (nSPS) is 11.3. The standard InChI is InChI=1S/C20H17BrN4O5S/c1-30-20-9-5-4-8-18(20)24-31(28,29)15-10-11-17(19(12-15)25(26)27)23-22-13-14-6-2-3-7-16(14)21/h2-13,23-24H,1H3/b22-13+. The van der Waals surface area contributed by atoms with Gasteiger partial charge in [0.25, 0.3) is 15.7 Å².